The molecule has 0 aliphatic rings. The lowest BCUT2D eigenvalue weighted by Crippen LogP contribution is -2.30. The monoisotopic (exact) mass is 372 g/mol. The first-order valence-corrected chi connectivity index (χ1v) is 7.62. The normalized spacial score (nSPS) is 10.3. The second-order valence-electron chi connectivity index (χ2n) is 4.71. The van der Waals surface area contributed by atoms with Crippen LogP contribution in [-0.4, -0.2) is 26.1 Å². The summed E-state index contributed by atoms with van der Waals surface area (Å²) >= 11 is 3.35. The fourth-order valence-electron chi connectivity index (χ4n) is 1.90. The van der Waals surface area contributed by atoms with E-state index in [0.29, 0.717) is 11.6 Å². The summed E-state index contributed by atoms with van der Waals surface area (Å²) < 4.78 is 0.839. The minimum atomic E-state index is -0.219. The summed E-state index contributed by atoms with van der Waals surface area (Å²) in [6, 6.07) is 11.2. The van der Waals surface area contributed by atoms with Crippen LogP contribution in [0, 0.1) is 0 Å². The lowest BCUT2D eigenvalue weighted by molar-refractivity contribution is -0.120. The van der Waals surface area contributed by atoms with Gasteiger partial charge >= 0.3 is 0 Å². The smallest absolute Gasteiger partial charge is 0.245 e. The number of nitrogens with one attached hydrogen (secondary N) is 3. The van der Waals surface area contributed by atoms with Crippen LogP contribution in [0.25, 0.3) is 11.4 Å². The van der Waals surface area contributed by atoms with Crippen LogP contribution >= 0.6 is 15.9 Å². The molecular formula is C15H13BrN6O. The summed E-state index contributed by atoms with van der Waals surface area (Å²) in [4.78, 5) is 20.3. The number of carbonyl (C=O) groups is 1. The van der Waals surface area contributed by atoms with Gasteiger partial charge in [-0.1, -0.05) is 18.2 Å². The molecule has 7 nitrogen and oxygen atoms in total. The zero-order valence-electron chi connectivity index (χ0n) is 12.0. The molecule has 3 rings (SSSR count). The van der Waals surface area contributed by atoms with Gasteiger partial charge in [0, 0.05) is 22.4 Å². The Morgan fingerprint density at radius 3 is 2.83 bits per heavy atom. The number of hydrogen-bond donors (Lipinski definition) is 3. The quantitative estimate of drug-likeness (QED) is 0.597. The number of aromatic amines is 1. The molecule has 3 N–H and O–H groups in total. The van der Waals surface area contributed by atoms with E-state index in [0.717, 1.165) is 15.7 Å². The van der Waals surface area contributed by atoms with Gasteiger partial charge in [0.15, 0.2) is 5.82 Å². The molecule has 3 aromatic rings. The van der Waals surface area contributed by atoms with Crippen LogP contribution in [0.15, 0.2) is 53.3 Å². The van der Waals surface area contributed by atoms with Crippen molar-refractivity contribution in [2.24, 2.45) is 0 Å². The highest BCUT2D eigenvalue weighted by Gasteiger charge is 2.10. The number of amides is 1. The zero-order valence-corrected chi connectivity index (χ0v) is 13.5. The SMILES string of the molecule is O=C(Cc1nc(-c2cncc(Br)c2)n[nH]1)NNc1ccccc1. The average molecular weight is 373 g/mol. The summed E-state index contributed by atoms with van der Waals surface area (Å²) in [5, 5.41) is 6.86. The molecule has 23 heavy (non-hydrogen) atoms. The van der Waals surface area contributed by atoms with E-state index >= 15 is 0 Å². The largest absolute Gasteiger partial charge is 0.299 e. The highest BCUT2D eigenvalue weighted by atomic mass is 79.9. The standard InChI is InChI=1S/C15H13BrN6O/c16-11-6-10(8-17-9-11)15-18-13(20-22-15)7-14(23)21-19-12-4-2-1-3-5-12/h1-6,8-9,19H,7H2,(H,21,23)(H,18,20,22). The summed E-state index contributed by atoms with van der Waals surface area (Å²) in [5.74, 6) is 0.758. The second kappa shape index (κ2) is 7.01. The van der Waals surface area contributed by atoms with Crippen LogP contribution in [0.4, 0.5) is 5.69 Å². The molecule has 0 fully saturated rings. The predicted molar refractivity (Wildman–Crippen MR) is 89.2 cm³/mol. The topological polar surface area (TPSA) is 95.6 Å². The molecule has 0 saturated heterocycles. The van der Waals surface area contributed by atoms with Crippen LogP contribution in [-0.2, 0) is 11.2 Å². The number of pyridine rings is 1. The third-order valence-electron chi connectivity index (χ3n) is 2.94. The Hall–Kier alpha value is -2.74. The second-order valence-corrected chi connectivity index (χ2v) is 5.63. The van der Waals surface area contributed by atoms with Gasteiger partial charge in [-0.05, 0) is 34.1 Å². The Bertz CT molecular complexity index is 804. The van der Waals surface area contributed by atoms with E-state index in [9.17, 15) is 4.79 Å². The van der Waals surface area contributed by atoms with Gasteiger partial charge in [0.05, 0.1) is 12.1 Å². The van der Waals surface area contributed by atoms with Gasteiger partial charge in [0.2, 0.25) is 5.91 Å². The number of aromatic nitrogens is 4. The molecule has 0 bridgehead atoms. The van der Waals surface area contributed by atoms with E-state index < -0.39 is 0 Å². The predicted octanol–water partition coefficient (Wildman–Crippen LogP) is 2.31. The zero-order chi connectivity index (χ0) is 16.1. The average Bonchev–Trinajstić information content (AvgIpc) is 3.02. The maximum absolute atomic E-state index is 11.9. The molecule has 0 saturated carbocycles. The summed E-state index contributed by atoms with van der Waals surface area (Å²) in [6.45, 7) is 0. The van der Waals surface area contributed by atoms with Gasteiger partial charge in [-0.2, -0.15) is 5.10 Å². The van der Waals surface area contributed by atoms with E-state index in [1.165, 1.54) is 0 Å². The fraction of sp³-hybridized carbons (Fsp3) is 0.0667. The molecule has 0 atom stereocenters. The van der Waals surface area contributed by atoms with Crippen molar-refractivity contribution in [2.75, 3.05) is 5.43 Å². The highest BCUT2D eigenvalue weighted by Crippen LogP contribution is 2.18. The Labute approximate surface area is 140 Å². The van der Waals surface area contributed by atoms with Crippen molar-refractivity contribution in [3.63, 3.8) is 0 Å². The maximum Gasteiger partial charge on any atom is 0.245 e. The van der Waals surface area contributed by atoms with Crippen molar-refractivity contribution in [1.82, 2.24) is 25.6 Å². The van der Waals surface area contributed by atoms with Crippen molar-refractivity contribution < 1.29 is 4.79 Å². The molecule has 116 valence electrons. The first kappa shape index (κ1) is 15.2. The van der Waals surface area contributed by atoms with E-state index in [1.54, 1.807) is 12.4 Å². The molecular weight excluding hydrogens is 360 g/mol. The number of H-pyrrole nitrogens is 1. The van der Waals surface area contributed by atoms with E-state index in [1.807, 2.05) is 36.4 Å². The number of rotatable bonds is 5. The molecule has 2 heterocycles. The lowest BCUT2D eigenvalue weighted by atomic mass is 10.3. The number of halogens is 1. The molecule has 1 aromatic carbocycles. The van der Waals surface area contributed by atoms with Gasteiger partial charge in [0.1, 0.15) is 5.82 Å². The van der Waals surface area contributed by atoms with Crippen LogP contribution in [0.5, 0.6) is 0 Å². The molecule has 8 heteroatoms. The van der Waals surface area contributed by atoms with Crippen LogP contribution in [0.2, 0.25) is 0 Å². The number of hydrazine groups is 1. The van der Waals surface area contributed by atoms with Gasteiger partial charge < -0.3 is 0 Å². The molecule has 0 aliphatic heterocycles. The Kier molecular flexibility index (Phi) is 4.62. The van der Waals surface area contributed by atoms with E-state index in [4.69, 9.17) is 0 Å². The Morgan fingerprint density at radius 1 is 1.22 bits per heavy atom. The van der Waals surface area contributed by atoms with Gasteiger partial charge in [0.25, 0.3) is 0 Å². The van der Waals surface area contributed by atoms with Crippen molar-refractivity contribution >= 4 is 27.5 Å². The van der Waals surface area contributed by atoms with Gasteiger partial charge in [-0.15, -0.1) is 0 Å². The van der Waals surface area contributed by atoms with Gasteiger partial charge in [-0.25, -0.2) is 4.98 Å². The Balaban J connectivity index is 1.59. The first-order chi connectivity index (χ1) is 11.2. The molecule has 0 aliphatic carbocycles. The van der Waals surface area contributed by atoms with Crippen molar-refractivity contribution in [3.8, 4) is 11.4 Å². The highest BCUT2D eigenvalue weighted by molar-refractivity contribution is 9.10. The third-order valence-corrected chi connectivity index (χ3v) is 3.38. The minimum Gasteiger partial charge on any atom is -0.299 e. The van der Waals surface area contributed by atoms with Crippen molar-refractivity contribution in [3.05, 3.63) is 59.1 Å². The number of hydrogen-bond acceptors (Lipinski definition) is 5. The van der Waals surface area contributed by atoms with Gasteiger partial charge in [-0.3, -0.25) is 25.7 Å². The van der Waals surface area contributed by atoms with Crippen LogP contribution in [0.1, 0.15) is 5.82 Å². The lowest BCUT2D eigenvalue weighted by Gasteiger charge is -2.06. The molecule has 2 aromatic heterocycles. The summed E-state index contributed by atoms with van der Waals surface area (Å²) in [6.07, 6.45) is 3.43. The number of carbonyl (C=O) groups excluding carboxylic acids is 1. The first-order valence-electron chi connectivity index (χ1n) is 6.83. The van der Waals surface area contributed by atoms with E-state index in [-0.39, 0.29) is 12.3 Å². The fourth-order valence-corrected chi connectivity index (χ4v) is 2.26. The Morgan fingerprint density at radius 2 is 2.04 bits per heavy atom. The van der Waals surface area contributed by atoms with Crippen LogP contribution in [0.3, 0.4) is 0 Å². The minimum absolute atomic E-state index is 0.0915. The molecule has 0 unspecified atom stereocenters. The summed E-state index contributed by atoms with van der Waals surface area (Å²) in [7, 11) is 0. The number of anilines is 1. The number of para-hydroxylation sites is 1. The summed E-state index contributed by atoms with van der Waals surface area (Å²) in [5.41, 5.74) is 7.01. The van der Waals surface area contributed by atoms with E-state index in [2.05, 4.69) is 46.9 Å². The number of nitrogens with zero attached hydrogens (tertiary/aromatic N) is 3. The van der Waals surface area contributed by atoms with Crippen LogP contribution < -0.4 is 10.9 Å². The number of benzene rings is 1. The van der Waals surface area contributed by atoms with Crippen molar-refractivity contribution in [1.29, 1.82) is 0 Å². The third kappa shape index (κ3) is 4.13. The molecule has 0 spiro atoms. The molecule has 0 radical (unpaired) electrons. The molecule has 1 amide bonds. The maximum atomic E-state index is 11.9. The van der Waals surface area contributed by atoms with Crippen molar-refractivity contribution in [2.45, 2.75) is 6.42 Å².